The predicted octanol–water partition coefficient (Wildman–Crippen LogP) is 1.31. The van der Waals surface area contributed by atoms with E-state index in [1.54, 1.807) is 0 Å². The molecule has 0 aliphatic carbocycles. The van der Waals surface area contributed by atoms with Gasteiger partial charge in [-0.25, -0.2) is 0 Å². The predicted molar refractivity (Wildman–Crippen MR) is 43.2 cm³/mol. The minimum atomic E-state index is 0.838. The van der Waals surface area contributed by atoms with Gasteiger partial charge in [0.15, 0.2) is 0 Å². The van der Waals surface area contributed by atoms with E-state index in [9.17, 15) is 0 Å². The van der Waals surface area contributed by atoms with Crippen LogP contribution in [-0.4, -0.2) is 13.7 Å². The van der Waals surface area contributed by atoms with Crippen LogP contribution in [0.15, 0.2) is 12.3 Å². The molecule has 0 aliphatic rings. The molecule has 56 valence electrons. The van der Waals surface area contributed by atoms with Gasteiger partial charge in [-0.05, 0) is 20.2 Å². The van der Waals surface area contributed by atoms with E-state index in [1.165, 1.54) is 0 Å². The normalized spacial score (nSPS) is 8.44. The summed E-state index contributed by atoms with van der Waals surface area (Å²) in [7, 11) is 1.90. The fraction of sp³-hybridized carbons (Fsp3) is 0.714. The molecule has 0 saturated heterocycles. The Labute approximate surface area is 58.3 Å². The summed E-state index contributed by atoms with van der Waals surface area (Å²) in [5, 5.41) is 5.93. The lowest BCUT2D eigenvalue weighted by molar-refractivity contribution is 0.736. The van der Waals surface area contributed by atoms with E-state index < -0.39 is 0 Å². The fourth-order valence-corrected chi connectivity index (χ4v) is 0.279. The van der Waals surface area contributed by atoms with Gasteiger partial charge in [0, 0.05) is 0 Å². The first kappa shape index (κ1) is 11.3. The van der Waals surface area contributed by atoms with Crippen LogP contribution in [0.5, 0.6) is 0 Å². The molecule has 2 N–H and O–H groups in total. The van der Waals surface area contributed by atoms with Crippen molar-refractivity contribution in [3.8, 4) is 0 Å². The number of allylic oxidation sites excluding steroid dienone is 1. The Kier molecular flexibility index (Phi) is 19.7. The fourth-order valence-electron chi connectivity index (χ4n) is 0.279. The third kappa shape index (κ3) is 18.5. The van der Waals surface area contributed by atoms with Crippen LogP contribution >= 0.6 is 0 Å². The van der Waals surface area contributed by atoms with Gasteiger partial charge in [0.2, 0.25) is 0 Å². The van der Waals surface area contributed by atoms with Crippen LogP contribution in [0.4, 0.5) is 0 Å². The molecule has 0 aromatic carbocycles. The molecular formula is C7H18N2. The lowest BCUT2D eigenvalue weighted by Gasteiger charge is -1.93. The molecule has 0 aromatic heterocycles. The highest BCUT2D eigenvalue weighted by Gasteiger charge is 1.65. The Morgan fingerprint density at radius 2 is 1.89 bits per heavy atom. The van der Waals surface area contributed by atoms with Gasteiger partial charge in [-0.15, -0.1) is 0 Å². The largest absolute Gasteiger partial charge is 0.379 e. The van der Waals surface area contributed by atoms with E-state index in [0.717, 1.165) is 6.67 Å². The van der Waals surface area contributed by atoms with Crippen molar-refractivity contribution in [3.05, 3.63) is 12.3 Å². The molecule has 0 amide bonds. The molecule has 0 radical (unpaired) electrons. The van der Waals surface area contributed by atoms with Crippen LogP contribution in [0.2, 0.25) is 0 Å². The van der Waals surface area contributed by atoms with Crippen LogP contribution in [0.25, 0.3) is 0 Å². The van der Waals surface area contributed by atoms with Crippen molar-refractivity contribution in [1.29, 1.82) is 0 Å². The van der Waals surface area contributed by atoms with Gasteiger partial charge in [0.05, 0.1) is 6.67 Å². The van der Waals surface area contributed by atoms with E-state index in [4.69, 9.17) is 0 Å². The van der Waals surface area contributed by atoms with Crippen molar-refractivity contribution >= 4 is 0 Å². The molecule has 0 saturated carbocycles. The van der Waals surface area contributed by atoms with E-state index in [-0.39, 0.29) is 0 Å². The molecule has 2 heteroatoms. The zero-order valence-electron chi connectivity index (χ0n) is 6.86. The van der Waals surface area contributed by atoms with Crippen molar-refractivity contribution in [2.45, 2.75) is 20.8 Å². The minimum Gasteiger partial charge on any atom is -0.379 e. The van der Waals surface area contributed by atoms with Gasteiger partial charge in [0.25, 0.3) is 0 Å². The molecule has 0 unspecified atom stereocenters. The maximum atomic E-state index is 2.99. The first-order chi connectivity index (χ1) is 4.41. The van der Waals surface area contributed by atoms with E-state index in [0.29, 0.717) is 0 Å². The third-order valence-electron chi connectivity index (χ3n) is 0.563. The van der Waals surface area contributed by atoms with E-state index in [1.807, 2.05) is 40.1 Å². The smallest absolute Gasteiger partial charge is 0.0645 e. The summed E-state index contributed by atoms with van der Waals surface area (Å²) in [6, 6.07) is 0. The zero-order valence-corrected chi connectivity index (χ0v) is 6.86. The monoisotopic (exact) mass is 130 g/mol. The Hall–Kier alpha value is -0.500. The molecule has 2 nitrogen and oxygen atoms in total. The third-order valence-corrected chi connectivity index (χ3v) is 0.563. The molecule has 0 aromatic rings. The number of nitrogens with one attached hydrogen (secondary N) is 2. The first-order valence-electron chi connectivity index (χ1n) is 3.41. The lowest BCUT2D eigenvalue weighted by atomic mass is 10.7. The summed E-state index contributed by atoms with van der Waals surface area (Å²) in [6.45, 7) is 6.81. The molecule has 0 fully saturated rings. The quantitative estimate of drug-likeness (QED) is 0.444. The minimum absolute atomic E-state index is 0.838. The second-order valence-corrected chi connectivity index (χ2v) is 1.23. The Balaban J connectivity index is 0. The second-order valence-electron chi connectivity index (χ2n) is 1.23. The van der Waals surface area contributed by atoms with Crippen molar-refractivity contribution < 1.29 is 0 Å². The standard InChI is InChI=1S/C5H12N2.C2H6/c1-3-4-7-5-6-2;1-2/h3-4,6-7H,5H2,1-2H3;1-2H3/b4-3-;. The summed E-state index contributed by atoms with van der Waals surface area (Å²) in [4.78, 5) is 0. The summed E-state index contributed by atoms with van der Waals surface area (Å²) in [6.07, 6.45) is 3.86. The molecular weight excluding hydrogens is 112 g/mol. The molecule has 0 atom stereocenters. The summed E-state index contributed by atoms with van der Waals surface area (Å²) < 4.78 is 0. The highest BCUT2D eigenvalue weighted by molar-refractivity contribution is 4.72. The van der Waals surface area contributed by atoms with Crippen LogP contribution in [0, 0.1) is 0 Å². The van der Waals surface area contributed by atoms with Gasteiger partial charge in [-0.2, -0.15) is 0 Å². The molecule has 0 rings (SSSR count). The van der Waals surface area contributed by atoms with E-state index >= 15 is 0 Å². The Morgan fingerprint density at radius 3 is 2.22 bits per heavy atom. The van der Waals surface area contributed by atoms with Gasteiger partial charge in [-0.3, -0.25) is 0 Å². The lowest BCUT2D eigenvalue weighted by Crippen LogP contribution is -2.20. The Bertz CT molecular complexity index is 50.9. The summed E-state index contributed by atoms with van der Waals surface area (Å²) >= 11 is 0. The highest BCUT2D eigenvalue weighted by Crippen LogP contribution is 1.57. The molecule has 9 heavy (non-hydrogen) atoms. The summed E-state index contributed by atoms with van der Waals surface area (Å²) in [5.41, 5.74) is 0. The SMILES string of the molecule is C/C=C\NCNC.CC. The Morgan fingerprint density at radius 1 is 1.33 bits per heavy atom. The summed E-state index contributed by atoms with van der Waals surface area (Å²) in [5.74, 6) is 0. The van der Waals surface area contributed by atoms with Crippen LogP contribution in [-0.2, 0) is 0 Å². The van der Waals surface area contributed by atoms with Gasteiger partial charge in [0.1, 0.15) is 0 Å². The van der Waals surface area contributed by atoms with Crippen molar-refractivity contribution in [3.63, 3.8) is 0 Å². The molecule has 0 spiro atoms. The first-order valence-corrected chi connectivity index (χ1v) is 3.41. The molecule has 0 aliphatic heterocycles. The highest BCUT2D eigenvalue weighted by atomic mass is 15.0. The topological polar surface area (TPSA) is 24.1 Å². The molecule has 0 heterocycles. The number of hydrogen-bond donors (Lipinski definition) is 2. The van der Waals surface area contributed by atoms with Crippen molar-refractivity contribution in [2.24, 2.45) is 0 Å². The maximum absolute atomic E-state index is 2.99. The average Bonchev–Trinajstić information content (AvgIpc) is 1.94. The maximum Gasteiger partial charge on any atom is 0.0645 e. The van der Waals surface area contributed by atoms with Crippen LogP contribution in [0.3, 0.4) is 0 Å². The number of hydrogen-bond acceptors (Lipinski definition) is 2. The van der Waals surface area contributed by atoms with Gasteiger partial charge in [-0.1, -0.05) is 19.9 Å². The van der Waals surface area contributed by atoms with Crippen LogP contribution in [0.1, 0.15) is 20.8 Å². The van der Waals surface area contributed by atoms with Crippen molar-refractivity contribution in [1.82, 2.24) is 10.6 Å². The van der Waals surface area contributed by atoms with E-state index in [2.05, 4.69) is 10.6 Å². The van der Waals surface area contributed by atoms with Gasteiger partial charge >= 0.3 is 0 Å². The molecule has 0 bridgehead atoms. The van der Waals surface area contributed by atoms with Gasteiger partial charge < -0.3 is 10.6 Å². The second kappa shape index (κ2) is 15.6. The van der Waals surface area contributed by atoms with Crippen molar-refractivity contribution in [2.75, 3.05) is 13.7 Å². The average molecular weight is 130 g/mol. The number of rotatable bonds is 3. The van der Waals surface area contributed by atoms with Crippen LogP contribution < -0.4 is 10.6 Å². The zero-order chi connectivity index (χ0) is 7.54.